The quantitative estimate of drug-likeness (QED) is 0.506. The molecule has 2 aliphatic heterocycles. The summed E-state index contributed by atoms with van der Waals surface area (Å²) in [6, 6.07) is 8.81. The molecule has 36 heavy (non-hydrogen) atoms. The number of hydrogen-bond acceptors (Lipinski definition) is 5. The van der Waals surface area contributed by atoms with Crippen molar-refractivity contribution < 1.29 is 18.7 Å². The van der Waals surface area contributed by atoms with Crippen LogP contribution in [0.5, 0.6) is 0 Å². The summed E-state index contributed by atoms with van der Waals surface area (Å²) in [4.78, 5) is 30.3. The number of amides is 3. The molecule has 0 saturated carbocycles. The lowest BCUT2D eigenvalue weighted by Gasteiger charge is -2.33. The summed E-state index contributed by atoms with van der Waals surface area (Å²) in [5.41, 5.74) is 2.23. The van der Waals surface area contributed by atoms with E-state index in [2.05, 4.69) is 32.7 Å². The Kier molecular flexibility index (Phi) is 9.01. The number of piperidine rings is 1. The second-order valence-electron chi connectivity index (χ2n) is 9.32. The van der Waals surface area contributed by atoms with Crippen LogP contribution >= 0.6 is 11.6 Å². The maximum atomic E-state index is 13.4. The number of benzene rings is 2. The molecule has 0 bridgehead atoms. The van der Waals surface area contributed by atoms with Crippen molar-refractivity contribution in [3.8, 4) is 0 Å². The molecule has 2 aliphatic rings. The Balaban J connectivity index is 1.45. The second-order valence-corrected chi connectivity index (χ2v) is 9.73. The molecule has 3 amide bonds. The number of halogens is 2. The van der Waals surface area contributed by atoms with Gasteiger partial charge in [0, 0.05) is 56.3 Å². The van der Waals surface area contributed by atoms with Crippen molar-refractivity contribution in [2.24, 2.45) is 5.92 Å². The Morgan fingerprint density at radius 2 is 1.69 bits per heavy atom. The zero-order valence-corrected chi connectivity index (χ0v) is 21.2. The van der Waals surface area contributed by atoms with Gasteiger partial charge in [-0.15, -0.1) is 0 Å². The fourth-order valence-corrected chi connectivity index (χ4v) is 4.62. The van der Waals surface area contributed by atoms with Gasteiger partial charge in [-0.3, -0.25) is 9.69 Å². The maximum absolute atomic E-state index is 13.4. The number of urea groups is 1. The molecule has 2 aromatic rings. The summed E-state index contributed by atoms with van der Waals surface area (Å²) in [5, 5.41) is 8.35. The predicted octanol–water partition coefficient (Wildman–Crippen LogP) is 4.42. The van der Waals surface area contributed by atoms with Gasteiger partial charge in [0.25, 0.3) is 5.91 Å². The van der Waals surface area contributed by atoms with E-state index in [0.717, 1.165) is 51.3 Å². The summed E-state index contributed by atoms with van der Waals surface area (Å²) >= 11 is 5.80. The summed E-state index contributed by atoms with van der Waals surface area (Å²) < 4.78 is 18.8. The predicted molar refractivity (Wildman–Crippen MR) is 141 cm³/mol. The SMILES string of the molecule is CC1CCN(c2ccc(NC(=O)Nc3ccc(F)c(Cl)c3)cc2C(=O)NCCN2CCOCC2)CC1. The van der Waals surface area contributed by atoms with E-state index in [1.165, 1.54) is 18.2 Å². The number of hydrogen-bond donors (Lipinski definition) is 3. The topological polar surface area (TPSA) is 85.9 Å². The first kappa shape index (κ1) is 26.2. The first-order chi connectivity index (χ1) is 17.4. The van der Waals surface area contributed by atoms with Gasteiger partial charge in [-0.25, -0.2) is 9.18 Å². The third kappa shape index (κ3) is 7.09. The van der Waals surface area contributed by atoms with Gasteiger partial charge in [-0.1, -0.05) is 18.5 Å². The highest BCUT2D eigenvalue weighted by molar-refractivity contribution is 6.31. The lowest BCUT2D eigenvalue weighted by atomic mass is 9.98. The molecule has 2 saturated heterocycles. The molecule has 2 fully saturated rings. The van der Waals surface area contributed by atoms with Crippen LogP contribution in [-0.4, -0.2) is 69.3 Å². The second kappa shape index (κ2) is 12.4. The van der Waals surface area contributed by atoms with Gasteiger partial charge in [0.05, 0.1) is 23.8 Å². The Morgan fingerprint density at radius 1 is 1.03 bits per heavy atom. The van der Waals surface area contributed by atoms with Crippen LogP contribution in [0.15, 0.2) is 36.4 Å². The van der Waals surface area contributed by atoms with Crippen LogP contribution < -0.4 is 20.9 Å². The molecule has 8 nitrogen and oxygen atoms in total. The van der Waals surface area contributed by atoms with Crippen LogP contribution in [0.2, 0.25) is 5.02 Å². The van der Waals surface area contributed by atoms with E-state index in [9.17, 15) is 14.0 Å². The minimum atomic E-state index is -0.561. The van der Waals surface area contributed by atoms with Crippen LogP contribution in [0.25, 0.3) is 0 Å². The summed E-state index contributed by atoms with van der Waals surface area (Å²) in [6.45, 7) is 8.45. The van der Waals surface area contributed by atoms with E-state index in [4.69, 9.17) is 16.3 Å². The number of ether oxygens (including phenoxy) is 1. The molecule has 0 aliphatic carbocycles. The van der Waals surface area contributed by atoms with Crippen LogP contribution in [0.3, 0.4) is 0 Å². The molecular formula is C26H33ClFN5O3. The van der Waals surface area contributed by atoms with Gasteiger partial charge in [-0.05, 0) is 55.2 Å². The normalized spacial score (nSPS) is 17.0. The molecule has 3 N–H and O–H groups in total. The van der Waals surface area contributed by atoms with E-state index in [1.54, 1.807) is 12.1 Å². The van der Waals surface area contributed by atoms with Gasteiger partial charge in [0.15, 0.2) is 0 Å². The van der Waals surface area contributed by atoms with E-state index >= 15 is 0 Å². The van der Waals surface area contributed by atoms with E-state index < -0.39 is 11.8 Å². The molecule has 0 aromatic heterocycles. The van der Waals surface area contributed by atoms with Crippen molar-refractivity contribution in [3.05, 3.63) is 52.8 Å². The van der Waals surface area contributed by atoms with Crippen molar-refractivity contribution in [1.29, 1.82) is 0 Å². The lowest BCUT2D eigenvalue weighted by molar-refractivity contribution is 0.0383. The largest absolute Gasteiger partial charge is 0.379 e. The summed E-state index contributed by atoms with van der Waals surface area (Å²) in [7, 11) is 0. The standard InChI is InChI=1S/C26H33ClFN5O3/c1-18-6-9-33(10-7-18)24-5-3-19(30-26(35)31-20-2-4-23(28)22(27)17-20)16-21(24)25(34)29-8-11-32-12-14-36-15-13-32/h2-5,16-18H,6-15H2,1H3,(H,29,34)(H2,30,31,35). The number of carbonyl (C=O) groups is 2. The van der Waals surface area contributed by atoms with Crippen LogP contribution in [-0.2, 0) is 4.74 Å². The van der Waals surface area contributed by atoms with Crippen LogP contribution in [0.4, 0.5) is 26.2 Å². The first-order valence-electron chi connectivity index (χ1n) is 12.4. The van der Waals surface area contributed by atoms with Crippen LogP contribution in [0.1, 0.15) is 30.1 Å². The Bertz CT molecular complexity index is 1070. The number of nitrogens with one attached hydrogen (secondary N) is 3. The average molecular weight is 518 g/mol. The fraction of sp³-hybridized carbons (Fsp3) is 0.462. The van der Waals surface area contributed by atoms with Crippen molar-refractivity contribution >= 4 is 40.6 Å². The number of nitrogens with zero attached hydrogens (tertiary/aromatic N) is 2. The zero-order chi connectivity index (χ0) is 25.5. The number of carbonyl (C=O) groups excluding carboxylic acids is 2. The third-order valence-electron chi connectivity index (χ3n) is 6.62. The molecule has 2 heterocycles. The molecule has 0 spiro atoms. The molecule has 0 atom stereocenters. The number of morpholine rings is 1. The van der Waals surface area contributed by atoms with E-state index in [0.29, 0.717) is 42.6 Å². The smallest absolute Gasteiger partial charge is 0.323 e. The molecule has 4 rings (SSSR count). The molecule has 2 aromatic carbocycles. The van der Waals surface area contributed by atoms with Gasteiger partial charge < -0.3 is 25.6 Å². The highest BCUT2D eigenvalue weighted by Gasteiger charge is 2.22. The van der Waals surface area contributed by atoms with Crippen molar-refractivity contribution in [2.45, 2.75) is 19.8 Å². The van der Waals surface area contributed by atoms with Gasteiger partial charge >= 0.3 is 6.03 Å². The van der Waals surface area contributed by atoms with E-state index in [1.807, 2.05) is 6.07 Å². The van der Waals surface area contributed by atoms with Gasteiger partial charge in [-0.2, -0.15) is 0 Å². The number of anilines is 3. The van der Waals surface area contributed by atoms with Crippen LogP contribution in [0, 0.1) is 11.7 Å². The molecule has 10 heteroatoms. The average Bonchev–Trinajstić information content (AvgIpc) is 2.87. The molecule has 194 valence electrons. The highest BCUT2D eigenvalue weighted by atomic mass is 35.5. The summed E-state index contributed by atoms with van der Waals surface area (Å²) in [6.07, 6.45) is 2.14. The summed E-state index contributed by atoms with van der Waals surface area (Å²) in [5.74, 6) is -0.0718. The zero-order valence-electron chi connectivity index (χ0n) is 20.5. The molecular weight excluding hydrogens is 485 g/mol. The minimum Gasteiger partial charge on any atom is -0.379 e. The minimum absolute atomic E-state index is 0.0796. The Hall–Kier alpha value is -2.88. The lowest BCUT2D eigenvalue weighted by Crippen LogP contribution is -2.41. The highest BCUT2D eigenvalue weighted by Crippen LogP contribution is 2.29. The van der Waals surface area contributed by atoms with E-state index in [-0.39, 0.29) is 10.9 Å². The first-order valence-corrected chi connectivity index (χ1v) is 12.8. The van der Waals surface area contributed by atoms with Crippen molar-refractivity contribution in [2.75, 3.05) is 68.0 Å². The fourth-order valence-electron chi connectivity index (χ4n) is 4.44. The molecule has 0 unspecified atom stereocenters. The van der Waals surface area contributed by atoms with Crippen molar-refractivity contribution in [1.82, 2.24) is 10.2 Å². The van der Waals surface area contributed by atoms with Gasteiger partial charge in [0.1, 0.15) is 5.82 Å². The van der Waals surface area contributed by atoms with Gasteiger partial charge in [0.2, 0.25) is 0 Å². The monoisotopic (exact) mass is 517 g/mol. The van der Waals surface area contributed by atoms with Crippen molar-refractivity contribution in [3.63, 3.8) is 0 Å². The third-order valence-corrected chi connectivity index (χ3v) is 6.91. The number of rotatable bonds is 7. The maximum Gasteiger partial charge on any atom is 0.323 e. The Labute approximate surface area is 216 Å². The molecule has 0 radical (unpaired) electrons. The Morgan fingerprint density at radius 3 is 2.39 bits per heavy atom.